The highest BCUT2D eigenvalue weighted by Crippen LogP contribution is 2.14. The summed E-state index contributed by atoms with van der Waals surface area (Å²) in [4.78, 5) is 0. The Hall–Kier alpha value is -0.870. The monoisotopic (exact) mass is 270 g/mol. The van der Waals surface area contributed by atoms with E-state index in [1.165, 1.54) is 5.56 Å². The van der Waals surface area contributed by atoms with Crippen molar-refractivity contribution in [1.82, 2.24) is 0 Å². The lowest BCUT2D eigenvalue weighted by molar-refractivity contribution is 0.222. The highest BCUT2D eigenvalue weighted by Gasteiger charge is 2.14. The van der Waals surface area contributed by atoms with E-state index in [4.69, 9.17) is 0 Å². The van der Waals surface area contributed by atoms with Crippen LogP contribution < -0.4 is 0 Å². The number of sulfone groups is 1. The summed E-state index contributed by atoms with van der Waals surface area (Å²) < 4.78 is 22.9. The molecule has 1 aromatic rings. The molecule has 0 saturated carbocycles. The standard InChI is InChI=1S/C14H22O3S/c1-3-18(16,17)8-7-14(11-15)10-13-6-4-5-12(2)9-13/h4-6,9,14-15H,3,7-8,10-11H2,1-2H3. The highest BCUT2D eigenvalue weighted by molar-refractivity contribution is 7.91. The molecule has 0 radical (unpaired) electrons. The number of aliphatic hydroxyl groups excluding tert-OH is 1. The van der Waals surface area contributed by atoms with Gasteiger partial charge in [0.05, 0.1) is 5.75 Å². The zero-order valence-corrected chi connectivity index (χ0v) is 11.9. The van der Waals surface area contributed by atoms with Crippen LogP contribution in [0, 0.1) is 12.8 Å². The number of benzene rings is 1. The summed E-state index contributed by atoms with van der Waals surface area (Å²) in [6, 6.07) is 8.11. The van der Waals surface area contributed by atoms with Gasteiger partial charge in [-0.25, -0.2) is 8.42 Å². The Bertz CT molecular complexity index is 466. The highest BCUT2D eigenvalue weighted by atomic mass is 32.2. The van der Waals surface area contributed by atoms with Crippen molar-refractivity contribution < 1.29 is 13.5 Å². The molecule has 3 nitrogen and oxygen atoms in total. The fourth-order valence-corrected chi connectivity index (χ4v) is 2.90. The van der Waals surface area contributed by atoms with E-state index in [0.29, 0.717) is 6.42 Å². The lowest BCUT2D eigenvalue weighted by Gasteiger charge is -2.14. The maximum atomic E-state index is 11.4. The Morgan fingerprint density at radius 3 is 2.61 bits per heavy atom. The average Bonchev–Trinajstić information content (AvgIpc) is 2.34. The number of hydrogen-bond acceptors (Lipinski definition) is 3. The summed E-state index contributed by atoms with van der Waals surface area (Å²) in [5.41, 5.74) is 2.34. The Morgan fingerprint density at radius 2 is 2.06 bits per heavy atom. The molecule has 1 aromatic carbocycles. The Morgan fingerprint density at radius 1 is 1.33 bits per heavy atom. The molecule has 102 valence electrons. The Labute approximate surface area is 110 Å². The van der Waals surface area contributed by atoms with Crippen LogP contribution in [0.25, 0.3) is 0 Å². The van der Waals surface area contributed by atoms with Gasteiger partial charge in [-0.15, -0.1) is 0 Å². The number of aryl methyl sites for hydroxylation is 1. The van der Waals surface area contributed by atoms with Gasteiger partial charge in [0.15, 0.2) is 0 Å². The molecule has 1 unspecified atom stereocenters. The second-order valence-corrected chi connectivity index (χ2v) is 7.24. The SMILES string of the molecule is CCS(=O)(=O)CCC(CO)Cc1cccc(C)c1. The smallest absolute Gasteiger partial charge is 0.150 e. The molecule has 0 amide bonds. The lowest BCUT2D eigenvalue weighted by atomic mass is 9.97. The van der Waals surface area contributed by atoms with E-state index in [0.717, 1.165) is 12.0 Å². The molecule has 1 N–H and O–H groups in total. The summed E-state index contributed by atoms with van der Waals surface area (Å²) >= 11 is 0. The van der Waals surface area contributed by atoms with Crippen molar-refractivity contribution in [3.63, 3.8) is 0 Å². The molecule has 0 aromatic heterocycles. The van der Waals surface area contributed by atoms with Gasteiger partial charge < -0.3 is 5.11 Å². The molecule has 0 aliphatic rings. The summed E-state index contributed by atoms with van der Waals surface area (Å²) in [5, 5.41) is 9.33. The summed E-state index contributed by atoms with van der Waals surface area (Å²) in [6.07, 6.45) is 1.26. The maximum absolute atomic E-state index is 11.4. The molecule has 18 heavy (non-hydrogen) atoms. The van der Waals surface area contributed by atoms with Crippen LogP contribution >= 0.6 is 0 Å². The first-order valence-electron chi connectivity index (χ1n) is 6.33. The number of aliphatic hydroxyl groups is 1. The predicted molar refractivity (Wildman–Crippen MR) is 74.4 cm³/mol. The zero-order valence-electron chi connectivity index (χ0n) is 11.1. The topological polar surface area (TPSA) is 54.4 Å². The van der Waals surface area contributed by atoms with Crippen molar-refractivity contribution in [2.24, 2.45) is 5.92 Å². The molecule has 1 atom stereocenters. The quantitative estimate of drug-likeness (QED) is 0.824. The van der Waals surface area contributed by atoms with Crippen molar-refractivity contribution >= 4 is 9.84 Å². The third-order valence-corrected chi connectivity index (χ3v) is 4.88. The molecule has 0 aliphatic carbocycles. The van der Waals surface area contributed by atoms with Crippen molar-refractivity contribution in [2.45, 2.75) is 26.7 Å². The van der Waals surface area contributed by atoms with Crippen LogP contribution in [-0.4, -0.2) is 31.6 Å². The minimum Gasteiger partial charge on any atom is -0.396 e. The average molecular weight is 270 g/mol. The van der Waals surface area contributed by atoms with Crippen LogP contribution in [0.5, 0.6) is 0 Å². The van der Waals surface area contributed by atoms with Crippen LogP contribution in [0.2, 0.25) is 0 Å². The van der Waals surface area contributed by atoms with Crippen molar-refractivity contribution in [2.75, 3.05) is 18.1 Å². The summed E-state index contributed by atoms with van der Waals surface area (Å²) in [5.74, 6) is 0.365. The van der Waals surface area contributed by atoms with E-state index in [-0.39, 0.29) is 24.0 Å². The molecule has 4 heteroatoms. The maximum Gasteiger partial charge on any atom is 0.150 e. The molecule has 0 bridgehead atoms. The van der Waals surface area contributed by atoms with E-state index in [1.54, 1.807) is 6.92 Å². The summed E-state index contributed by atoms with van der Waals surface area (Å²) in [6.45, 7) is 3.72. The molecular formula is C14H22O3S. The van der Waals surface area contributed by atoms with Crippen LogP contribution in [-0.2, 0) is 16.3 Å². The molecule has 0 saturated heterocycles. The van der Waals surface area contributed by atoms with Gasteiger partial charge in [-0.3, -0.25) is 0 Å². The largest absolute Gasteiger partial charge is 0.396 e. The first-order valence-corrected chi connectivity index (χ1v) is 8.16. The van der Waals surface area contributed by atoms with Gasteiger partial charge in [-0.2, -0.15) is 0 Å². The van der Waals surface area contributed by atoms with Crippen molar-refractivity contribution in [3.8, 4) is 0 Å². The zero-order chi connectivity index (χ0) is 13.6. The third-order valence-electron chi connectivity index (χ3n) is 3.14. The second kappa shape index (κ2) is 6.90. The van der Waals surface area contributed by atoms with E-state index in [2.05, 4.69) is 6.07 Å². The van der Waals surface area contributed by atoms with E-state index in [1.807, 2.05) is 25.1 Å². The molecule has 1 rings (SSSR count). The van der Waals surface area contributed by atoms with Crippen LogP contribution in [0.15, 0.2) is 24.3 Å². The Kier molecular flexibility index (Phi) is 5.82. The van der Waals surface area contributed by atoms with E-state index >= 15 is 0 Å². The van der Waals surface area contributed by atoms with Gasteiger partial charge in [-0.05, 0) is 31.2 Å². The van der Waals surface area contributed by atoms with E-state index < -0.39 is 9.84 Å². The van der Waals surface area contributed by atoms with Gasteiger partial charge in [0.25, 0.3) is 0 Å². The minimum absolute atomic E-state index is 0.0214. The minimum atomic E-state index is -2.94. The van der Waals surface area contributed by atoms with Gasteiger partial charge in [0.1, 0.15) is 9.84 Å². The first kappa shape index (κ1) is 15.2. The fraction of sp³-hybridized carbons (Fsp3) is 0.571. The second-order valence-electron chi connectivity index (χ2n) is 4.77. The number of rotatable bonds is 7. The fourth-order valence-electron chi connectivity index (χ4n) is 1.92. The summed E-state index contributed by atoms with van der Waals surface area (Å²) in [7, 11) is -2.94. The van der Waals surface area contributed by atoms with Crippen molar-refractivity contribution in [1.29, 1.82) is 0 Å². The van der Waals surface area contributed by atoms with Crippen LogP contribution in [0.3, 0.4) is 0 Å². The van der Waals surface area contributed by atoms with Crippen LogP contribution in [0.4, 0.5) is 0 Å². The van der Waals surface area contributed by atoms with Gasteiger partial charge in [0, 0.05) is 12.4 Å². The van der Waals surface area contributed by atoms with Crippen molar-refractivity contribution in [3.05, 3.63) is 35.4 Å². The van der Waals surface area contributed by atoms with Gasteiger partial charge >= 0.3 is 0 Å². The molecule has 0 fully saturated rings. The Balaban J connectivity index is 2.57. The third kappa shape index (κ3) is 5.19. The normalized spacial score (nSPS) is 13.5. The number of hydrogen-bond donors (Lipinski definition) is 1. The molecule has 0 heterocycles. The lowest BCUT2D eigenvalue weighted by Crippen LogP contribution is -2.17. The first-order chi connectivity index (χ1) is 8.46. The molecule has 0 spiro atoms. The molecular weight excluding hydrogens is 248 g/mol. The predicted octanol–water partition coefficient (Wildman–Crippen LogP) is 1.97. The van der Waals surface area contributed by atoms with Gasteiger partial charge in [0.2, 0.25) is 0 Å². The van der Waals surface area contributed by atoms with Gasteiger partial charge in [-0.1, -0.05) is 36.8 Å². The molecule has 0 aliphatic heterocycles. The van der Waals surface area contributed by atoms with Crippen LogP contribution in [0.1, 0.15) is 24.5 Å². The van der Waals surface area contributed by atoms with E-state index in [9.17, 15) is 13.5 Å².